The predicted molar refractivity (Wildman–Crippen MR) is 103 cm³/mol. The summed E-state index contributed by atoms with van der Waals surface area (Å²) in [5.41, 5.74) is 8.59. The third-order valence-corrected chi connectivity index (χ3v) is 4.76. The number of hydrogen-bond acceptors (Lipinski definition) is 5. The fourth-order valence-corrected chi connectivity index (χ4v) is 3.43. The number of carbonyl (C=O) groups is 1. The van der Waals surface area contributed by atoms with Crippen LogP contribution in [0.3, 0.4) is 0 Å². The van der Waals surface area contributed by atoms with Crippen LogP contribution >= 0.6 is 11.6 Å². The molecular weight excluding hydrogens is 370 g/mol. The lowest BCUT2D eigenvalue weighted by molar-refractivity contribution is -0.385. The molecule has 0 heterocycles. The first-order valence-electron chi connectivity index (χ1n) is 8.68. The highest BCUT2D eigenvalue weighted by molar-refractivity contribution is 6.30. The van der Waals surface area contributed by atoms with Crippen molar-refractivity contribution < 1.29 is 14.5 Å². The minimum atomic E-state index is -0.564. The zero-order chi connectivity index (χ0) is 19.4. The van der Waals surface area contributed by atoms with Gasteiger partial charge in [-0.25, -0.2) is 0 Å². The maximum atomic E-state index is 12.3. The van der Waals surface area contributed by atoms with Gasteiger partial charge in [0.05, 0.1) is 24.0 Å². The molecular formula is C19H20ClN3O4. The quantitative estimate of drug-likeness (QED) is 0.444. The van der Waals surface area contributed by atoms with E-state index in [1.807, 2.05) is 18.2 Å². The van der Waals surface area contributed by atoms with Crippen molar-refractivity contribution in [2.24, 2.45) is 0 Å². The molecule has 0 saturated carbocycles. The molecule has 0 aromatic heterocycles. The van der Waals surface area contributed by atoms with Crippen molar-refractivity contribution in [3.63, 3.8) is 0 Å². The molecule has 1 aliphatic rings. The summed E-state index contributed by atoms with van der Waals surface area (Å²) in [4.78, 5) is 22.8. The third kappa shape index (κ3) is 4.68. The van der Waals surface area contributed by atoms with Gasteiger partial charge in [0.25, 0.3) is 0 Å². The third-order valence-electron chi connectivity index (χ3n) is 4.52. The number of amides is 1. The number of aryl methyl sites for hydroxylation is 1. The van der Waals surface area contributed by atoms with Crippen molar-refractivity contribution >= 4 is 28.9 Å². The summed E-state index contributed by atoms with van der Waals surface area (Å²) in [5.74, 6) is -0.0722. The molecule has 0 radical (unpaired) electrons. The molecule has 0 fully saturated rings. The van der Waals surface area contributed by atoms with Gasteiger partial charge in [0.2, 0.25) is 5.91 Å². The van der Waals surface area contributed by atoms with Crippen molar-refractivity contribution in [3.05, 3.63) is 62.7 Å². The molecule has 0 bridgehead atoms. The lowest BCUT2D eigenvalue weighted by atomic mass is 9.87. The summed E-state index contributed by atoms with van der Waals surface area (Å²) < 4.78 is 5.42. The Morgan fingerprint density at radius 3 is 2.93 bits per heavy atom. The van der Waals surface area contributed by atoms with Gasteiger partial charge >= 0.3 is 5.69 Å². The van der Waals surface area contributed by atoms with Crippen molar-refractivity contribution in [2.75, 3.05) is 12.3 Å². The zero-order valence-corrected chi connectivity index (χ0v) is 15.4. The molecule has 0 aliphatic heterocycles. The molecule has 2 aromatic carbocycles. The summed E-state index contributed by atoms with van der Waals surface area (Å²) in [5, 5.41) is 14.3. The number of nitrogens with zero attached hydrogens (tertiary/aromatic N) is 1. The van der Waals surface area contributed by atoms with E-state index < -0.39 is 4.92 Å². The van der Waals surface area contributed by atoms with Gasteiger partial charge in [-0.05, 0) is 54.7 Å². The second kappa shape index (κ2) is 8.26. The summed E-state index contributed by atoms with van der Waals surface area (Å²) >= 11 is 5.77. The van der Waals surface area contributed by atoms with Gasteiger partial charge in [0, 0.05) is 16.8 Å². The van der Waals surface area contributed by atoms with Crippen LogP contribution in [0.15, 0.2) is 36.4 Å². The lowest BCUT2D eigenvalue weighted by Gasteiger charge is -2.26. The SMILES string of the molecule is Nc1ccc2c(c1)CCCC2NC(=O)CCOc1ccc(Cl)cc1[N+](=O)[O-]. The Morgan fingerprint density at radius 1 is 1.33 bits per heavy atom. The minimum Gasteiger partial charge on any atom is -0.486 e. The standard InChI is InChI=1S/C19H20ClN3O4/c20-13-4-7-18(17(11-13)23(25)26)27-9-8-19(24)22-16-3-1-2-12-10-14(21)5-6-15(12)16/h4-7,10-11,16H,1-3,8-9,21H2,(H,22,24). The number of rotatable bonds is 6. The van der Waals surface area contributed by atoms with Crippen LogP contribution in [0.4, 0.5) is 11.4 Å². The first-order valence-corrected chi connectivity index (χ1v) is 9.06. The number of nitrogens with one attached hydrogen (secondary N) is 1. The normalized spacial score (nSPS) is 15.7. The number of anilines is 1. The van der Waals surface area contributed by atoms with Crippen LogP contribution in [0.1, 0.15) is 36.4 Å². The number of nitrogen functional groups attached to an aromatic ring is 1. The predicted octanol–water partition coefficient (Wildman–Crippen LogP) is 3.79. The topological polar surface area (TPSA) is 107 Å². The van der Waals surface area contributed by atoms with Crippen molar-refractivity contribution in [1.82, 2.24) is 5.32 Å². The van der Waals surface area contributed by atoms with E-state index in [2.05, 4.69) is 5.32 Å². The van der Waals surface area contributed by atoms with E-state index in [0.29, 0.717) is 0 Å². The average molecular weight is 390 g/mol. The average Bonchev–Trinajstić information content (AvgIpc) is 2.62. The Kier molecular flexibility index (Phi) is 5.81. The fraction of sp³-hybridized carbons (Fsp3) is 0.316. The van der Waals surface area contributed by atoms with Gasteiger partial charge < -0.3 is 15.8 Å². The van der Waals surface area contributed by atoms with Gasteiger partial charge in [-0.2, -0.15) is 0 Å². The molecule has 2 aromatic rings. The first kappa shape index (κ1) is 19.0. The maximum absolute atomic E-state index is 12.3. The van der Waals surface area contributed by atoms with Gasteiger partial charge in [-0.3, -0.25) is 14.9 Å². The molecule has 0 saturated heterocycles. The van der Waals surface area contributed by atoms with Crippen molar-refractivity contribution in [1.29, 1.82) is 0 Å². The number of fused-ring (bicyclic) bond motifs is 1. The van der Waals surface area contributed by atoms with Gasteiger partial charge in [0.15, 0.2) is 5.75 Å². The molecule has 3 rings (SSSR count). The highest BCUT2D eigenvalue weighted by atomic mass is 35.5. The number of nitro benzene ring substituents is 1. The second-order valence-electron chi connectivity index (χ2n) is 6.44. The number of nitro groups is 1. The van der Waals surface area contributed by atoms with E-state index in [0.717, 1.165) is 30.5 Å². The Bertz CT molecular complexity index is 872. The van der Waals surface area contributed by atoms with Gasteiger partial charge in [-0.15, -0.1) is 0 Å². The van der Waals surface area contributed by atoms with E-state index in [1.54, 1.807) is 0 Å². The largest absolute Gasteiger partial charge is 0.486 e. The molecule has 3 N–H and O–H groups in total. The molecule has 1 aliphatic carbocycles. The van der Waals surface area contributed by atoms with Crippen LogP contribution in [-0.4, -0.2) is 17.4 Å². The van der Waals surface area contributed by atoms with Crippen LogP contribution in [0.25, 0.3) is 0 Å². The van der Waals surface area contributed by atoms with E-state index in [-0.39, 0.29) is 41.4 Å². The summed E-state index contributed by atoms with van der Waals surface area (Å²) in [6.45, 7) is 0.0373. The minimum absolute atomic E-state index is 0.0373. The van der Waals surface area contributed by atoms with Gasteiger partial charge in [-0.1, -0.05) is 17.7 Å². The van der Waals surface area contributed by atoms with Crippen LogP contribution in [0, 0.1) is 10.1 Å². The van der Waals surface area contributed by atoms with E-state index in [4.69, 9.17) is 22.1 Å². The Morgan fingerprint density at radius 2 is 2.15 bits per heavy atom. The van der Waals surface area contributed by atoms with E-state index in [1.165, 1.54) is 23.8 Å². The lowest BCUT2D eigenvalue weighted by Crippen LogP contribution is -2.31. The molecule has 0 spiro atoms. The monoisotopic (exact) mass is 389 g/mol. The number of benzene rings is 2. The summed E-state index contributed by atoms with van der Waals surface area (Å²) in [7, 11) is 0. The number of nitrogens with two attached hydrogens (primary N) is 1. The van der Waals surface area contributed by atoms with Crippen LogP contribution in [0.5, 0.6) is 5.75 Å². The second-order valence-corrected chi connectivity index (χ2v) is 6.87. The van der Waals surface area contributed by atoms with Crippen molar-refractivity contribution in [3.8, 4) is 5.75 Å². The summed E-state index contributed by atoms with van der Waals surface area (Å²) in [6.07, 6.45) is 2.90. The molecule has 1 atom stereocenters. The Hall–Kier alpha value is -2.80. The Balaban J connectivity index is 1.57. The molecule has 1 amide bonds. The highest BCUT2D eigenvalue weighted by Crippen LogP contribution is 2.31. The molecule has 1 unspecified atom stereocenters. The van der Waals surface area contributed by atoms with E-state index >= 15 is 0 Å². The van der Waals surface area contributed by atoms with Crippen molar-refractivity contribution in [2.45, 2.75) is 31.7 Å². The van der Waals surface area contributed by atoms with E-state index in [9.17, 15) is 14.9 Å². The fourth-order valence-electron chi connectivity index (χ4n) is 3.26. The van der Waals surface area contributed by atoms with Crippen LogP contribution < -0.4 is 15.8 Å². The number of halogens is 1. The van der Waals surface area contributed by atoms with Crippen LogP contribution in [0.2, 0.25) is 5.02 Å². The first-order chi connectivity index (χ1) is 12.9. The van der Waals surface area contributed by atoms with Crippen LogP contribution in [-0.2, 0) is 11.2 Å². The maximum Gasteiger partial charge on any atom is 0.312 e. The number of carbonyl (C=O) groups excluding carboxylic acids is 1. The summed E-state index contributed by atoms with van der Waals surface area (Å²) in [6, 6.07) is 9.87. The Labute approximate surface area is 161 Å². The molecule has 27 heavy (non-hydrogen) atoms. The number of hydrogen-bond donors (Lipinski definition) is 2. The molecule has 142 valence electrons. The smallest absolute Gasteiger partial charge is 0.312 e. The molecule has 8 heteroatoms. The molecule has 7 nitrogen and oxygen atoms in total. The van der Waals surface area contributed by atoms with Gasteiger partial charge in [0.1, 0.15) is 0 Å². The zero-order valence-electron chi connectivity index (χ0n) is 14.6. The highest BCUT2D eigenvalue weighted by Gasteiger charge is 2.22. The number of ether oxygens (including phenoxy) is 1.